The number of ether oxygens (including phenoxy) is 1. The summed E-state index contributed by atoms with van der Waals surface area (Å²) in [7, 11) is 1.22. The number of likely N-dealkylation sites (tertiary alicyclic amines) is 1. The largest absolute Gasteiger partial charge is 0.468 e. The van der Waals surface area contributed by atoms with Crippen LogP contribution in [-0.4, -0.2) is 47.6 Å². The van der Waals surface area contributed by atoms with Gasteiger partial charge >= 0.3 is 5.97 Å². The number of halogens is 1. The van der Waals surface area contributed by atoms with Gasteiger partial charge in [0.2, 0.25) is 5.91 Å². The van der Waals surface area contributed by atoms with Gasteiger partial charge in [0.15, 0.2) is 5.78 Å². The number of nitrogens with zero attached hydrogens (tertiary/aromatic N) is 1. The van der Waals surface area contributed by atoms with Crippen LogP contribution in [0.3, 0.4) is 0 Å². The van der Waals surface area contributed by atoms with Crippen molar-refractivity contribution in [3.8, 4) is 0 Å². The van der Waals surface area contributed by atoms with E-state index in [0.717, 1.165) is 4.90 Å². The molecule has 1 heterocycles. The van der Waals surface area contributed by atoms with Crippen LogP contribution in [0.2, 0.25) is 0 Å². The van der Waals surface area contributed by atoms with Gasteiger partial charge in [-0.3, -0.25) is 14.4 Å². The maximum Gasteiger partial charge on any atom is 0.325 e. The zero-order chi connectivity index (χ0) is 10.9. The monoisotopic (exact) mass is 219 g/mol. The van der Waals surface area contributed by atoms with E-state index < -0.39 is 23.3 Å². The van der Waals surface area contributed by atoms with Gasteiger partial charge in [-0.25, -0.2) is 0 Å². The fourth-order valence-electron chi connectivity index (χ4n) is 1.31. The Bertz CT molecular complexity index is 291. The molecule has 78 valence electrons. The smallest absolute Gasteiger partial charge is 0.325 e. The fraction of sp³-hybridized carbons (Fsp3) is 0.625. The van der Waals surface area contributed by atoms with Crippen molar-refractivity contribution in [1.29, 1.82) is 0 Å². The van der Waals surface area contributed by atoms with Crippen molar-refractivity contribution < 1.29 is 19.1 Å². The second kappa shape index (κ2) is 3.96. The molecule has 1 rings (SSSR count). The van der Waals surface area contributed by atoms with Crippen molar-refractivity contribution in [2.24, 2.45) is 0 Å². The fourth-order valence-corrected chi connectivity index (χ4v) is 1.75. The lowest BCUT2D eigenvalue weighted by Gasteiger charge is -2.41. The number of β-lactam (4-membered cyclic amide) rings is 1. The first-order chi connectivity index (χ1) is 6.49. The molecular formula is C8H10ClNO4. The first kappa shape index (κ1) is 11.0. The van der Waals surface area contributed by atoms with Crippen LogP contribution in [0.25, 0.3) is 0 Å². The van der Waals surface area contributed by atoms with Gasteiger partial charge in [-0.1, -0.05) is 0 Å². The third-order valence-corrected chi connectivity index (χ3v) is 2.50. The summed E-state index contributed by atoms with van der Waals surface area (Å²) in [6.45, 7) is 1.11. The van der Waals surface area contributed by atoms with Crippen molar-refractivity contribution in [2.45, 2.75) is 18.3 Å². The molecule has 1 amide bonds. The van der Waals surface area contributed by atoms with Crippen LogP contribution in [0, 0.1) is 0 Å². The lowest BCUT2D eigenvalue weighted by atomic mass is 9.98. The molecule has 0 N–H and O–H groups in total. The Labute approximate surface area is 85.9 Å². The van der Waals surface area contributed by atoms with E-state index in [9.17, 15) is 14.4 Å². The van der Waals surface area contributed by atoms with Crippen molar-refractivity contribution in [3.05, 3.63) is 0 Å². The number of hydrogen-bond donors (Lipinski definition) is 0. The van der Waals surface area contributed by atoms with Gasteiger partial charge in [0.25, 0.3) is 0 Å². The predicted molar refractivity (Wildman–Crippen MR) is 47.8 cm³/mol. The van der Waals surface area contributed by atoms with Gasteiger partial charge in [0.1, 0.15) is 18.0 Å². The molecule has 0 unspecified atom stereocenters. The van der Waals surface area contributed by atoms with Crippen molar-refractivity contribution in [3.63, 3.8) is 0 Å². The maximum atomic E-state index is 11.2. The highest BCUT2D eigenvalue weighted by atomic mass is 35.5. The second-order valence-corrected chi connectivity index (χ2v) is 3.47. The third kappa shape index (κ3) is 1.72. The van der Waals surface area contributed by atoms with Gasteiger partial charge in [0, 0.05) is 0 Å². The summed E-state index contributed by atoms with van der Waals surface area (Å²) in [5.74, 6) is -1.20. The zero-order valence-corrected chi connectivity index (χ0v) is 8.58. The molecule has 0 aromatic rings. The Balaban J connectivity index is 2.64. The van der Waals surface area contributed by atoms with Crippen LogP contribution in [0.5, 0.6) is 0 Å². The Morgan fingerprint density at radius 2 is 2.14 bits per heavy atom. The van der Waals surface area contributed by atoms with Gasteiger partial charge in [-0.2, -0.15) is 0 Å². The highest BCUT2D eigenvalue weighted by Gasteiger charge is 2.49. The molecule has 1 saturated heterocycles. The van der Waals surface area contributed by atoms with Crippen LogP contribution in [0.1, 0.15) is 6.92 Å². The average molecular weight is 220 g/mol. The number of hydrogen-bond acceptors (Lipinski definition) is 4. The third-order valence-electron chi connectivity index (χ3n) is 2.08. The van der Waals surface area contributed by atoms with Crippen LogP contribution >= 0.6 is 11.6 Å². The van der Waals surface area contributed by atoms with Crippen LogP contribution in [-0.2, 0) is 19.1 Å². The molecule has 6 heteroatoms. The molecule has 1 aliphatic heterocycles. The summed E-state index contributed by atoms with van der Waals surface area (Å²) in [5.41, 5.74) is 0. The highest BCUT2D eigenvalue weighted by molar-refractivity contribution is 6.36. The van der Waals surface area contributed by atoms with E-state index in [1.807, 2.05) is 0 Å². The lowest BCUT2D eigenvalue weighted by molar-refractivity contribution is -0.158. The zero-order valence-electron chi connectivity index (χ0n) is 7.82. The van der Waals surface area contributed by atoms with Crippen LogP contribution in [0.15, 0.2) is 0 Å². The number of carbonyl (C=O) groups is 3. The van der Waals surface area contributed by atoms with E-state index in [1.54, 1.807) is 0 Å². The van der Waals surface area contributed by atoms with E-state index in [4.69, 9.17) is 11.6 Å². The molecule has 1 aliphatic rings. The Hall–Kier alpha value is -1.10. The number of Topliss-reactive ketones (excluding diaryl/α,β-unsaturated/α-hetero) is 1. The SMILES string of the molecule is COC(=O)CN1C(=O)[C@@H](Cl)[C@H]1C(C)=O. The number of methoxy groups -OCH3 is 1. The standard InChI is InChI=1S/C8H10ClNO4/c1-4(11)7-6(9)8(13)10(7)3-5(12)14-2/h6-7H,3H2,1-2H3/t6-,7+/m0/s1. The number of amides is 1. The number of ketones is 1. The summed E-state index contributed by atoms with van der Waals surface area (Å²) in [6.07, 6.45) is 0. The minimum absolute atomic E-state index is 0.219. The van der Waals surface area contributed by atoms with E-state index in [2.05, 4.69) is 4.74 Å². The van der Waals surface area contributed by atoms with Gasteiger partial charge in [-0.15, -0.1) is 11.6 Å². The van der Waals surface area contributed by atoms with Crippen molar-refractivity contribution in [1.82, 2.24) is 4.90 Å². The van der Waals surface area contributed by atoms with E-state index >= 15 is 0 Å². The van der Waals surface area contributed by atoms with Gasteiger partial charge < -0.3 is 9.64 Å². The number of esters is 1. The molecule has 5 nitrogen and oxygen atoms in total. The maximum absolute atomic E-state index is 11.2. The molecule has 0 aromatic heterocycles. The molecule has 0 aromatic carbocycles. The topological polar surface area (TPSA) is 63.7 Å². The van der Waals surface area contributed by atoms with Gasteiger partial charge in [-0.05, 0) is 6.92 Å². The lowest BCUT2D eigenvalue weighted by Crippen LogP contribution is -2.66. The summed E-state index contributed by atoms with van der Waals surface area (Å²) < 4.78 is 4.38. The molecule has 0 aliphatic carbocycles. The average Bonchev–Trinajstić information content (AvgIpc) is 2.15. The molecule has 1 fully saturated rings. The van der Waals surface area contributed by atoms with E-state index in [-0.39, 0.29) is 12.3 Å². The van der Waals surface area contributed by atoms with Crippen molar-refractivity contribution in [2.75, 3.05) is 13.7 Å². The second-order valence-electron chi connectivity index (χ2n) is 3.00. The number of alkyl halides is 1. The first-order valence-electron chi connectivity index (χ1n) is 4.01. The molecule has 2 atom stereocenters. The summed E-state index contributed by atoms with van der Waals surface area (Å²) in [6, 6.07) is -0.691. The normalized spacial score (nSPS) is 25.6. The number of carbonyl (C=O) groups excluding carboxylic acids is 3. The van der Waals surface area contributed by atoms with E-state index in [1.165, 1.54) is 14.0 Å². The molecule has 14 heavy (non-hydrogen) atoms. The molecule has 0 saturated carbocycles. The first-order valence-corrected chi connectivity index (χ1v) is 4.44. The Kier molecular flexibility index (Phi) is 3.10. The molecule has 0 bridgehead atoms. The Morgan fingerprint density at radius 3 is 2.57 bits per heavy atom. The summed E-state index contributed by atoms with van der Waals surface area (Å²) >= 11 is 5.62. The van der Waals surface area contributed by atoms with Crippen molar-refractivity contribution >= 4 is 29.3 Å². The summed E-state index contributed by atoms with van der Waals surface area (Å²) in [5, 5.41) is -0.836. The summed E-state index contributed by atoms with van der Waals surface area (Å²) in [4.78, 5) is 34.2. The predicted octanol–water partition coefficient (Wildman–Crippen LogP) is -0.433. The van der Waals surface area contributed by atoms with Crippen LogP contribution < -0.4 is 0 Å². The van der Waals surface area contributed by atoms with Crippen LogP contribution in [0.4, 0.5) is 0 Å². The Morgan fingerprint density at radius 1 is 1.57 bits per heavy atom. The van der Waals surface area contributed by atoms with E-state index in [0.29, 0.717) is 0 Å². The molecular weight excluding hydrogens is 210 g/mol. The molecule has 0 radical (unpaired) electrons. The quantitative estimate of drug-likeness (QED) is 0.367. The van der Waals surface area contributed by atoms with Gasteiger partial charge in [0.05, 0.1) is 7.11 Å². The highest BCUT2D eigenvalue weighted by Crippen LogP contribution is 2.25. The minimum atomic E-state index is -0.836. The number of rotatable bonds is 3. The minimum Gasteiger partial charge on any atom is -0.468 e. The molecule has 0 spiro atoms.